The number of fused-ring (bicyclic) bond motifs is 1. The van der Waals surface area contributed by atoms with E-state index in [0.717, 1.165) is 27.5 Å². The Kier molecular flexibility index (Phi) is 4.43. The molecule has 3 aromatic rings. The number of aryl methyl sites for hydroxylation is 2. The molecule has 1 N–H and O–H groups in total. The number of benzene rings is 3. The molecule has 0 amide bonds. The molecule has 0 radical (unpaired) electrons. The molecule has 0 saturated heterocycles. The molecule has 4 heteroatoms. The van der Waals surface area contributed by atoms with E-state index in [4.69, 9.17) is 0 Å². The third-order valence-electron chi connectivity index (χ3n) is 4.26. The standard InChI is InChI=1S/C20H21NO2S/c1-14-8-9-15(2)20(12-14)16(3)21-24(22,23)19-11-10-17-6-4-5-7-18(17)13-19/h4-13,16,21H,1-3H3/t16-/m1/s1. The van der Waals surface area contributed by atoms with Crippen molar-refractivity contribution in [2.75, 3.05) is 0 Å². The van der Waals surface area contributed by atoms with Crippen LogP contribution in [0.1, 0.15) is 29.7 Å². The Balaban J connectivity index is 1.93. The van der Waals surface area contributed by atoms with E-state index < -0.39 is 10.0 Å². The van der Waals surface area contributed by atoms with E-state index in [1.165, 1.54) is 0 Å². The third-order valence-corrected chi connectivity index (χ3v) is 5.80. The van der Waals surface area contributed by atoms with Crippen molar-refractivity contribution in [3.8, 4) is 0 Å². The number of rotatable bonds is 4. The van der Waals surface area contributed by atoms with Crippen LogP contribution in [-0.2, 0) is 10.0 Å². The molecule has 3 aromatic carbocycles. The molecule has 0 aliphatic carbocycles. The molecule has 3 nitrogen and oxygen atoms in total. The first-order chi connectivity index (χ1) is 11.4. The summed E-state index contributed by atoms with van der Waals surface area (Å²) in [5, 5.41) is 1.94. The molecule has 0 aliphatic rings. The second-order valence-corrected chi connectivity index (χ2v) is 7.93. The zero-order valence-electron chi connectivity index (χ0n) is 14.1. The van der Waals surface area contributed by atoms with E-state index in [1.54, 1.807) is 12.1 Å². The molecule has 0 unspecified atom stereocenters. The summed E-state index contributed by atoms with van der Waals surface area (Å²) >= 11 is 0. The summed E-state index contributed by atoms with van der Waals surface area (Å²) in [6.07, 6.45) is 0. The molecular weight excluding hydrogens is 318 g/mol. The van der Waals surface area contributed by atoms with Crippen molar-refractivity contribution in [3.05, 3.63) is 77.4 Å². The Morgan fingerprint density at radius 1 is 0.875 bits per heavy atom. The zero-order valence-corrected chi connectivity index (χ0v) is 14.9. The summed E-state index contributed by atoms with van der Waals surface area (Å²) in [6, 6.07) is 18.7. The number of hydrogen-bond donors (Lipinski definition) is 1. The van der Waals surface area contributed by atoms with Gasteiger partial charge >= 0.3 is 0 Å². The molecule has 1 atom stereocenters. The molecule has 0 saturated carbocycles. The van der Waals surface area contributed by atoms with E-state index in [9.17, 15) is 8.42 Å². The van der Waals surface area contributed by atoms with Crippen molar-refractivity contribution < 1.29 is 8.42 Å². The Morgan fingerprint density at radius 2 is 1.58 bits per heavy atom. The highest BCUT2D eigenvalue weighted by molar-refractivity contribution is 7.89. The van der Waals surface area contributed by atoms with Crippen molar-refractivity contribution >= 4 is 20.8 Å². The Bertz CT molecular complexity index is 993. The van der Waals surface area contributed by atoms with Crippen LogP contribution < -0.4 is 4.72 Å². The van der Waals surface area contributed by atoms with Gasteiger partial charge in [0.2, 0.25) is 10.0 Å². The zero-order chi connectivity index (χ0) is 17.3. The van der Waals surface area contributed by atoms with Crippen LogP contribution in [-0.4, -0.2) is 8.42 Å². The van der Waals surface area contributed by atoms with Crippen LogP contribution in [0.25, 0.3) is 10.8 Å². The van der Waals surface area contributed by atoms with Gasteiger partial charge in [-0.05, 0) is 54.8 Å². The largest absolute Gasteiger partial charge is 0.241 e. The lowest BCUT2D eigenvalue weighted by Gasteiger charge is -2.17. The predicted octanol–water partition coefficient (Wildman–Crippen LogP) is 4.50. The van der Waals surface area contributed by atoms with Crippen LogP contribution in [0.3, 0.4) is 0 Å². The Labute approximate surface area is 143 Å². The minimum Gasteiger partial charge on any atom is -0.207 e. The van der Waals surface area contributed by atoms with Crippen molar-refractivity contribution in [2.24, 2.45) is 0 Å². The van der Waals surface area contributed by atoms with Gasteiger partial charge in [-0.15, -0.1) is 0 Å². The smallest absolute Gasteiger partial charge is 0.207 e. The van der Waals surface area contributed by atoms with Gasteiger partial charge in [-0.2, -0.15) is 0 Å². The summed E-state index contributed by atoms with van der Waals surface area (Å²) in [7, 11) is -3.58. The summed E-state index contributed by atoms with van der Waals surface area (Å²) in [5.41, 5.74) is 3.20. The topological polar surface area (TPSA) is 46.2 Å². The fourth-order valence-electron chi connectivity index (χ4n) is 2.93. The van der Waals surface area contributed by atoms with Crippen molar-refractivity contribution in [2.45, 2.75) is 31.7 Å². The molecule has 0 aliphatic heterocycles. The molecule has 3 rings (SSSR count). The number of nitrogens with one attached hydrogen (secondary N) is 1. The van der Waals surface area contributed by atoms with E-state index in [-0.39, 0.29) is 6.04 Å². The van der Waals surface area contributed by atoms with E-state index in [0.29, 0.717) is 4.90 Å². The second kappa shape index (κ2) is 6.38. The molecule has 0 aromatic heterocycles. The molecule has 24 heavy (non-hydrogen) atoms. The van der Waals surface area contributed by atoms with Gasteiger partial charge in [0.25, 0.3) is 0 Å². The maximum Gasteiger partial charge on any atom is 0.241 e. The SMILES string of the molecule is Cc1ccc(C)c([C@@H](C)NS(=O)(=O)c2ccc3ccccc3c2)c1. The number of hydrogen-bond acceptors (Lipinski definition) is 2. The van der Waals surface area contributed by atoms with Crippen LogP contribution in [0, 0.1) is 13.8 Å². The normalized spacial score (nSPS) is 13.1. The minimum atomic E-state index is -3.58. The molecule has 0 fully saturated rings. The molecule has 124 valence electrons. The van der Waals surface area contributed by atoms with Gasteiger partial charge in [-0.3, -0.25) is 0 Å². The van der Waals surface area contributed by atoms with Gasteiger partial charge in [0, 0.05) is 6.04 Å². The van der Waals surface area contributed by atoms with Gasteiger partial charge in [0.1, 0.15) is 0 Å². The van der Waals surface area contributed by atoms with Gasteiger partial charge < -0.3 is 0 Å². The van der Waals surface area contributed by atoms with Crippen molar-refractivity contribution in [1.29, 1.82) is 0 Å². The van der Waals surface area contributed by atoms with Crippen LogP contribution in [0.5, 0.6) is 0 Å². The Morgan fingerprint density at radius 3 is 2.33 bits per heavy atom. The second-order valence-electron chi connectivity index (χ2n) is 6.21. The summed E-state index contributed by atoms with van der Waals surface area (Å²) in [5.74, 6) is 0. The molecule has 0 bridgehead atoms. The monoisotopic (exact) mass is 339 g/mol. The van der Waals surface area contributed by atoms with Gasteiger partial charge in [0.05, 0.1) is 4.90 Å². The summed E-state index contributed by atoms with van der Waals surface area (Å²) in [6.45, 7) is 5.88. The summed E-state index contributed by atoms with van der Waals surface area (Å²) in [4.78, 5) is 0.290. The van der Waals surface area contributed by atoms with E-state index in [2.05, 4.69) is 4.72 Å². The first kappa shape index (κ1) is 16.7. The average molecular weight is 339 g/mol. The Hall–Kier alpha value is -2.17. The molecular formula is C20H21NO2S. The van der Waals surface area contributed by atoms with E-state index in [1.807, 2.05) is 69.3 Å². The quantitative estimate of drug-likeness (QED) is 0.761. The highest BCUT2D eigenvalue weighted by Crippen LogP contribution is 2.23. The van der Waals surface area contributed by atoms with Crippen LogP contribution >= 0.6 is 0 Å². The highest BCUT2D eigenvalue weighted by Gasteiger charge is 2.19. The summed E-state index contributed by atoms with van der Waals surface area (Å²) < 4.78 is 28.3. The lowest BCUT2D eigenvalue weighted by Crippen LogP contribution is -2.27. The van der Waals surface area contributed by atoms with E-state index >= 15 is 0 Å². The maximum absolute atomic E-state index is 12.7. The van der Waals surface area contributed by atoms with Crippen molar-refractivity contribution in [3.63, 3.8) is 0 Å². The van der Waals surface area contributed by atoms with Crippen LogP contribution in [0.15, 0.2) is 65.6 Å². The van der Waals surface area contributed by atoms with Crippen molar-refractivity contribution in [1.82, 2.24) is 4.72 Å². The maximum atomic E-state index is 12.7. The van der Waals surface area contributed by atoms with Crippen LogP contribution in [0.4, 0.5) is 0 Å². The van der Waals surface area contributed by atoms with Crippen LogP contribution in [0.2, 0.25) is 0 Å². The van der Waals surface area contributed by atoms with Gasteiger partial charge in [-0.1, -0.05) is 54.1 Å². The lowest BCUT2D eigenvalue weighted by atomic mass is 10.0. The molecule has 0 spiro atoms. The van der Waals surface area contributed by atoms with Gasteiger partial charge in [-0.25, -0.2) is 13.1 Å². The third kappa shape index (κ3) is 3.35. The average Bonchev–Trinajstić information content (AvgIpc) is 2.56. The minimum absolute atomic E-state index is 0.290. The lowest BCUT2D eigenvalue weighted by molar-refractivity contribution is 0.566. The fraction of sp³-hybridized carbons (Fsp3) is 0.200. The number of sulfonamides is 1. The first-order valence-corrected chi connectivity index (χ1v) is 9.43. The first-order valence-electron chi connectivity index (χ1n) is 7.95. The fourth-order valence-corrected chi connectivity index (χ4v) is 4.18. The highest BCUT2D eigenvalue weighted by atomic mass is 32.2. The van der Waals surface area contributed by atoms with Gasteiger partial charge in [0.15, 0.2) is 0 Å². The molecule has 0 heterocycles. The predicted molar refractivity (Wildman–Crippen MR) is 98.6 cm³/mol.